The van der Waals surface area contributed by atoms with E-state index in [1.165, 1.54) is 6.42 Å². The lowest BCUT2D eigenvalue weighted by atomic mass is 10.3. The van der Waals surface area contributed by atoms with Gasteiger partial charge in [-0.15, -0.1) is 0 Å². The van der Waals surface area contributed by atoms with Crippen LogP contribution < -0.4 is 5.32 Å². The highest BCUT2D eigenvalue weighted by Gasteiger charge is 2.11. The largest absolute Gasteiger partial charge is 0.484 e. The lowest BCUT2D eigenvalue weighted by Crippen LogP contribution is -2.27. The van der Waals surface area contributed by atoms with Crippen molar-refractivity contribution in [3.05, 3.63) is 0 Å². The highest BCUT2D eigenvalue weighted by molar-refractivity contribution is 6.36. The molecular formula is C11H29NO3Si. The van der Waals surface area contributed by atoms with Crippen LogP contribution in [-0.2, 0) is 13.3 Å². The van der Waals surface area contributed by atoms with E-state index in [4.69, 9.17) is 13.3 Å². The van der Waals surface area contributed by atoms with Crippen LogP contribution in [0.2, 0.25) is 0 Å². The van der Waals surface area contributed by atoms with Crippen LogP contribution in [0.1, 0.15) is 41.0 Å². The monoisotopic (exact) mass is 251 g/mol. The van der Waals surface area contributed by atoms with E-state index in [-0.39, 0.29) is 0 Å². The fourth-order valence-electron chi connectivity index (χ4n) is 0.757. The van der Waals surface area contributed by atoms with Gasteiger partial charge in [-0.25, -0.2) is 0 Å². The molecule has 5 heteroatoms. The molecule has 0 spiro atoms. The summed E-state index contributed by atoms with van der Waals surface area (Å²) in [7, 11) is 0.247. The zero-order valence-electron chi connectivity index (χ0n) is 11.7. The van der Waals surface area contributed by atoms with Crippen LogP contribution >= 0.6 is 0 Å². The van der Waals surface area contributed by atoms with Crippen molar-refractivity contribution in [3.63, 3.8) is 0 Å². The fourth-order valence-corrected chi connectivity index (χ4v) is 1.86. The van der Waals surface area contributed by atoms with E-state index in [0.29, 0.717) is 25.9 Å². The average molecular weight is 251 g/mol. The van der Waals surface area contributed by atoms with Gasteiger partial charge in [0.1, 0.15) is 0 Å². The second-order valence-corrected chi connectivity index (χ2v) is 4.83. The van der Waals surface area contributed by atoms with E-state index in [1.807, 2.05) is 27.8 Å². The third-order valence-electron chi connectivity index (χ3n) is 2.01. The quantitative estimate of drug-likeness (QED) is 0.668. The molecule has 0 heterocycles. The first-order valence-electron chi connectivity index (χ1n) is 6.18. The first-order valence-corrected chi connectivity index (χ1v) is 7.59. The van der Waals surface area contributed by atoms with Gasteiger partial charge in [0.05, 0.1) is 0 Å². The van der Waals surface area contributed by atoms with Crippen molar-refractivity contribution >= 4 is 9.53 Å². The van der Waals surface area contributed by atoms with Gasteiger partial charge in [-0.2, -0.15) is 0 Å². The van der Waals surface area contributed by atoms with Crippen LogP contribution in [0.25, 0.3) is 0 Å². The molecule has 1 N–H and O–H groups in total. The van der Waals surface area contributed by atoms with Gasteiger partial charge in [-0.3, -0.25) is 0 Å². The first kappa shape index (κ1) is 18.4. The summed E-state index contributed by atoms with van der Waals surface area (Å²) in [6.45, 7) is 12.2. The molecule has 1 unspecified atom stereocenters. The van der Waals surface area contributed by atoms with E-state index in [1.54, 1.807) is 0 Å². The van der Waals surface area contributed by atoms with Crippen LogP contribution in [0.3, 0.4) is 0 Å². The topological polar surface area (TPSA) is 39.7 Å². The SMILES string of the molecule is CCC(C)NC.CCO[SiH](OCC)OCC. The fraction of sp³-hybridized carbons (Fsp3) is 1.00. The molecule has 4 nitrogen and oxygen atoms in total. The number of nitrogens with one attached hydrogen (secondary N) is 1. The van der Waals surface area contributed by atoms with Crippen molar-refractivity contribution < 1.29 is 13.3 Å². The molecule has 0 aromatic rings. The maximum Gasteiger partial charge on any atom is 0.484 e. The average Bonchev–Trinajstić information content (AvgIpc) is 2.30. The second-order valence-electron chi connectivity index (χ2n) is 3.25. The Hall–Kier alpha value is 0.0569. The Balaban J connectivity index is 0. The maximum atomic E-state index is 5.22. The Bertz CT molecular complexity index is 110. The Morgan fingerprint density at radius 2 is 1.31 bits per heavy atom. The normalized spacial score (nSPS) is 12.2. The van der Waals surface area contributed by atoms with Crippen molar-refractivity contribution in [2.24, 2.45) is 0 Å². The smallest absolute Gasteiger partial charge is 0.376 e. The molecule has 0 rings (SSSR count). The summed E-state index contributed by atoms with van der Waals surface area (Å²) in [4.78, 5) is 0. The van der Waals surface area contributed by atoms with E-state index in [9.17, 15) is 0 Å². The standard InChI is InChI=1S/C6H16O3Si.C5H13N/c1-4-7-10(8-5-2)9-6-3;1-4-5(2)6-3/h10H,4-6H2,1-3H3;5-6H,4H2,1-3H3. The van der Waals surface area contributed by atoms with Crippen molar-refractivity contribution in [2.45, 2.75) is 47.1 Å². The third-order valence-corrected chi connectivity index (χ3v) is 3.83. The Morgan fingerprint density at radius 3 is 1.44 bits per heavy atom. The van der Waals surface area contributed by atoms with E-state index in [0.717, 1.165) is 0 Å². The zero-order chi connectivity index (χ0) is 12.8. The molecule has 16 heavy (non-hydrogen) atoms. The van der Waals surface area contributed by atoms with Gasteiger partial charge >= 0.3 is 9.53 Å². The molecule has 0 bridgehead atoms. The van der Waals surface area contributed by atoms with Gasteiger partial charge in [0.2, 0.25) is 0 Å². The molecule has 1 atom stereocenters. The van der Waals surface area contributed by atoms with Crippen LogP contribution in [0.15, 0.2) is 0 Å². The van der Waals surface area contributed by atoms with Crippen LogP contribution in [0.4, 0.5) is 0 Å². The number of hydrogen-bond donors (Lipinski definition) is 1. The molecule has 0 fully saturated rings. The van der Waals surface area contributed by atoms with Gasteiger partial charge in [-0.05, 0) is 41.2 Å². The number of hydrogen-bond acceptors (Lipinski definition) is 4. The highest BCUT2D eigenvalue weighted by Crippen LogP contribution is 1.91. The predicted molar refractivity (Wildman–Crippen MR) is 70.8 cm³/mol. The first-order chi connectivity index (χ1) is 7.65. The molecule has 0 aromatic carbocycles. The Labute approximate surface area is 103 Å². The molecular weight excluding hydrogens is 222 g/mol. The zero-order valence-corrected chi connectivity index (χ0v) is 12.9. The molecule has 0 aliphatic rings. The highest BCUT2D eigenvalue weighted by atomic mass is 28.3. The van der Waals surface area contributed by atoms with Crippen LogP contribution in [-0.4, -0.2) is 42.4 Å². The van der Waals surface area contributed by atoms with Gasteiger partial charge in [0, 0.05) is 25.9 Å². The summed E-state index contributed by atoms with van der Waals surface area (Å²) in [6, 6.07) is 0.685. The molecule has 0 radical (unpaired) electrons. The summed E-state index contributed by atoms with van der Waals surface area (Å²) in [5, 5.41) is 3.11. The molecule has 0 amide bonds. The van der Waals surface area contributed by atoms with Crippen molar-refractivity contribution in [1.82, 2.24) is 5.32 Å². The van der Waals surface area contributed by atoms with Gasteiger partial charge in [-0.1, -0.05) is 6.92 Å². The van der Waals surface area contributed by atoms with Crippen molar-refractivity contribution in [1.29, 1.82) is 0 Å². The van der Waals surface area contributed by atoms with E-state index < -0.39 is 9.53 Å². The van der Waals surface area contributed by atoms with Gasteiger partial charge < -0.3 is 18.6 Å². The molecule has 0 saturated carbocycles. The third kappa shape index (κ3) is 14.1. The molecule has 100 valence electrons. The Morgan fingerprint density at radius 1 is 0.938 bits per heavy atom. The van der Waals surface area contributed by atoms with E-state index >= 15 is 0 Å². The minimum atomic E-state index is -1.73. The molecule has 0 saturated heterocycles. The van der Waals surface area contributed by atoms with Crippen LogP contribution in [0.5, 0.6) is 0 Å². The second kappa shape index (κ2) is 15.1. The van der Waals surface area contributed by atoms with E-state index in [2.05, 4.69) is 19.2 Å². The lowest BCUT2D eigenvalue weighted by Gasteiger charge is -2.12. The molecule has 0 aliphatic heterocycles. The van der Waals surface area contributed by atoms with Crippen molar-refractivity contribution in [2.75, 3.05) is 26.9 Å². The number of rotatable bonds is 8. The summed E-state index contributed by atoms with van der Waals surface area (Å²) >= 11 is 0. The van der Waals surface area contributed by atoms with Gasteiger partial charge in [0.25, 0.3) is 0 Å². The van der Waals surface area contributed by atoms with Gasteiger partial charge in [0.15, 0.2) is 0 Å². The lowest BCUT2D eigenvalue weighted by molar-refractivity contribution is 0.107. The summed E-state index contributed by atoms with van der Waals surface area (Å²) in [5.74, 6) is 0. The summed E-state index contributed by atoms with van der Waals surface area (Å²) in [6.07, 6.45) is 1.22. The minimum absolute atomic E-state index is 0.677. The summed E-state index contributed by atoms with van der Waals surface area (Å²) in [5.41, 5.74) is 0. The Kier molecular flexibility index (Phi) is 17.3. The summed E-state index contributed by atoms with van der Waals surface area (Å²) < 4.78 is 15.7. The maximum absolute atomic E-state index is 5.22. The van der Waals surface area contributed by atoms with Crippen molar-refractivity contribution in [3.8, 4) is 0 Å². The predicted octanol–water partition coefficient (Wildman–Crippen LogP) is 1.82. The molecule has 0 aliphatic carbocycles. The minimum Gasteiger partial charge on any atom is -0.376 e. The molecule has 0 aromatic heterocycles. The van der Waals surface area contributed by atoms with Crippen LogP contribution in [0, 0.1) is 0 Å².